The standard InChI is InChI=1S/C11H18N4O4/c1-4-12-11-13-8(3)9(15(16)17)10(14-11)19-7-6-18-5-2/h4-7H2,1-3H3,(H,12,13,14). The maximum absolute atomic E-state index is 11.0. The van der Waals surface area contributed by atoms with Gasteiger partial charge in [-0.05, 0) is 20.8 Å². The summed E-state index contributed by atoms with van der Waals surface area (Å²) in [6.07, 6.45) is 0. The van der Waals surface area contributed by atoms with Gasteiger partial charge in [-0.15, -0.1) is 0 Å². The van der Waals surface area contributed by atoms with Gasteiger partial charge in [-0.3, -0.25) is 10.1 Å². The molecule has 0 aromatic carbocycles. The number of nitrogens with one attached hydrogen (secondary N) is 1. The summed E-state index contributed by atoms with van der Waals surface area (Å²) in [6.45, 7) is 7.04. The molecule has 1 aromatic heterocycles. The molecule has 8 heteroatoms. The van der Waals surface area contributed by atoms with Crippen LogP contribution in [0.25, 0.3) is 0 Å². The minimum absolute atomic E-state index is 0.0341. The average molecular weight is 270 g/mol. The quantitative estimate of drug-likeness (QED) is 0.434. The van der Waals surface area contributed by atoms with E-state index in [2.05, 4.69) is 15.3 Å². The summed E-state index contributed by atoms with van der Waals surface area (Å²) in [5, 5.41) is 13.9. The van der Waals surface area contributed by atoms with Crippen molar-refractivity contribution in [2.45, 2.75) is 20.8 Å². The number of anilines is 1. The third-order valence-corrected chi connectivity index (χ3v) is 2.21. The minimum atomic E-state index is -0.541. The van der Waals surface area contributed by atoms with Crippen LogP contribution < -0.4 is 10.1 Å². The van der Waals surface area contributed by atoms with Gasteiger partial charge >= 0.3 is 5.69 Å². The van der Waals surface area contributed by atoms with Crippen LogP contribution in [0.15, 0.2) is 0 Å². The zero-order valence-electron chi connectivity index (χ0n) is 11.3. The second-order valence-corrected chi connectivity index (χ2v) is 3.62. The number of aromatic nitrogens is 2. The van der Waals surface area contributed by atoms with Gasteiger partial charge < -0.3 is 14.8 Å². The van der Waals surface area contributed by atoms with Crippen molar-refractivity contribution in [3.8, 4) is 5.88 Å². The van der Waals surface area contributed by atoms with E-state index in [1.54, 1.807) is 6.92 Å². The number of hydrogen-bond acceptors (Lipinski definition) is 7. The van der Waals surface area contributed by atoms with E-state index >= 15 is 0 Å². The van der Waals surface area contributed by atoms with E-state index in [4.69, 9.17) is 9.47 Å². The maximum atomic E-state index is 11.0. The molecule has 0 aliphatic carbocycles. The summed E-state index contributed by atoms with van der Waals surface area (Å²) in [7, 11) is 0. The van der Waals surface area contributed by atoms with Crippen LogP contribution in [0.4, 0.5) is 11.6 Å². The van der Waals surface area contributed by atoms with Crippen LogP contribution in [0, 0.1) is 17.0 Å². The molecule has 0 atom stereocenters. The van der Waals surface area contributed by atoms with Crippen molar-refractivity contribution < 1.29 is 14.4 Å². The molecule has 1 rings (SSSR count). The molecule has 0 bridgehead atoms. The SMILES string of the molecule is CCNc1nc(C)c([N+](=O)[O-])c(OCCOCC)n1. The third-order valence-electron chi connectivity index (χ3n) is 2.21. The Kier molecular flexibility index (Phi) is 5.94. The van der Waals surface area contributed by atoms with Gasteiger partial charge in [0, 0.05) is 13.2 Å². The molecule has 0 aliphatic heterocycles. The molecule has 0 fully saturated rings. The van der Waals surface area contributed by atoms with Crippen molar-refractivity contribution >= 4 is 11.6 Å². The van der Waals surface area contributed by atoms with E-state index in [-0.39, 0.29) is 23.9 Å². The number of nitrogens with zero attached hydrogens (tertiary/aromatic N) is 3. The van der Waals surface area contributed by atoms with Crippen LogP contribution in [0.2, 0.25) is 0 Å². The smallest absolute Gasteiger partial charge is 0.352 e. The van der Waals surface area contributed by atoms with E-state index in [1.807, 2.05) is 13.8 Å². The average Bonchev–Trinajstić information content (AvgIpc) is 2.34. The first kappa shape index (κ1) is 15.1. The Labute approximate surface area is 111 Å². The predicted octanol–water partition coefficient (Wildman–Crippen LogP) is 1.54. The highest BCUT2D eigenvalue weighted by molar-refractivity contribution is 5.48. The fourth-order valence-corrected chi connectivity index (χ4v) is 1.43. The van der Waals surface area contributed by atoms with Crippen molar-refractivity contribution in [1.29, 1.82) is 0 Å². The Morgan fingerprint density at radius 2 is 2.05 bits per heavy atom. The van der Waals surface area contributed by atoms with Crippen LogP contribution in [-0.2, 0) is 4.74 Å². The van der Waals surface area contributed by atoms with Crippen molar-refractivity contribution in [2.75, 3.05) is 31.7 Å². The van der Waals surface area contributed by atoms with Crippen molar-refractivity contribution in [1.82, 2.24) is 9.97 Å². The Morgan fingerprint density at radius 1 is 1.32 bits per heavy atom. The fourth-order valence-electron chi connectivity index (χ4n) is 1.43. The predicted molar refractivity (Wildman–Crippen MR) is 69.6 cm³/mol. The monoisotopic (exact) mass is 270 g/mol. The summed E-state index contributed by atoms with van der Waals surface area (Å²) in [5.74, 6) is 0.283. The first-order valence-corrected chi connectivity index (χ1v) is 6.07. The number of hydrogen-bond donors (Lipinski definition) is 1. The molecule has 1 heterocycles. The van der Waals surface area contributed by atoms with E-state index < -0.39 is 4.92 Å². The van der Waals surface area contributed by atoms with E-state index in [0.29, 0.717) is 25.7 Å². The molecule has 0 spiro atoms. The normalized spacial score (nSPS) is 10.3. The largest absolute Gasteiger partial charge is 0.470 e. The zero-order valence-corrected chi connectivity index (χ0v) is 11.3. The summed E-state index contributed by atoms with van der Waals surface area (Å²) >= 11 is 0. The van der Waals surface area contributed by atoms with Crippen LogP contribution in [0.1, 0.15) is 19.5 Å². The van der Waals surface area contributed by atoms with Crippen LogP contribution in [0.5, 0.6) is 5.88 Å². The second-order valence-electron chi connectivity index (χ2n) is 3.62. The molecule has 0 amide bonds. The molecule has 0 saturated carbocycles. The highest BCUT2D eigenvalue weighted by Crippen LogP contribution is 2.28. The molecular weight excluding hydrogens is 252 g/mol. The van der Waals surface area contributed by atoms with Crippen LogP contribution in [-0.4, -0.2) is 41.3 Å². The van der Waals surface area contributed by atoms with Gasteiger partial charge in [0.2, 0.25) is 5.95 Å². The molecule has 0 aliphatic rings. The van der Waals surface area contributed by atoms with Crippen LogP contribution >= 0.6 is 0 Å². The van der Waals surface area contributed by atoms with E-state index in [0.717, 1.165) is 0 Å². The number of ether oxygens (including phenoxy) is 2. The second kappa shape index (κ2) is 7.47. The molecule has 106 valence electrons. The first-order valence-electron chi connectivity index (χ1n) is 6.07. The lowest BCUT2D eigenvalue weighted by Crippen LogP contribution is -2.12. The van der Waals surface area contributed by atoms with Gasteiger partial charge in [0.1, 0.15) is 12.3 Å². The Morgan fingerprint density at radius 3 is 2.63 bits per heavy atom. The minimum Gasteiger partial charge on any atom is -0.470 e. The molecular formula is C11H18N4O4. The van der Waals surface area contributed by atoms with Gasteiger partial charge in [-0.25, -0.2) is 4.98 Å². The highest BCUT2D eigenvalue weighted by Gasteiger charge is 2.23. The van der Waals surface area contributed by atoms with Crippen molar-refractivity contribution in [3.05, 3.63) is 15.8 Å². The molecule has 0 radical (unpaired) electrons. The topological polar surface area (TPSA) is 99.4 Å². The molecule has 0 unspecified atom stereocenters. The van der Waals surface area contributed by atoms with Gasteiger partial charge in [0.15, 0.2) is 0 Å². The Hall–Kier alpha value is -1.96. The first-order chi connectivity index (χ1) is 9.10. The molecule has 1 N–H and O–H groups in total. The summed E-state index contributed by atoms with van der Waals surface area (Å²) < 4.78 is 10.4. The lowest BCUT2D eigenvalue weighted by molar-refractivity contribution is -0.387. The molecule has 8 nitrogen and oxygen atoms in total. The Balaban J connectivity index is 2.92. The van der Waals surface area contributed by atoms with Gasteiger partial charge in [-0.2, -0.15) is 4.98 Å². The summed E-state index contributed by atoms with van der Waals surface area (Å²) in [5.41, 5.74) is 0.0560. The van der Waals surface area contributed by atoms with Gasteiger partial charge in [-0.1, -0.05) is 0 Å². The number of rotatable bonds is 8. The summed E-state index contributed by atoms with van der Waals surface area (Å²) in [6, 6.07) is 0. The highest BCUT2D eigenvalue weighted by atomic mass is 16.6. The van der Waals surface area contributed by atoms with E-state index in [1.165, 1.54) is 0 Å². The van der Waals surface area contributed by atoms with E-state index in [9.17, 15) is 10.1 Å². The van der Waals surface area contributed by atoms with Crippen LogP contribution in [0.3, 0.4) is 0 Å². The molecule has 1 aromatic rings. The zero-order chi connectivity index (χ0) is 14.3. The van der Waals surface area contributed by atoms with Gasteiger partial charge in [0.25, 0.3) is 5.88 Å². The molecule has 0 saturated heterocycles. The molecule has 19 heavy (non-hydrogen) atoms. The number of nitro groups is 1. The summed E-state index contributed by atoms with van der Waals surface area (Å²) in [4.78, 5) is 18.5. The van der Waals surface area contributed by atoms with Crippen molar-refractivity contribution in [2.24, 2.45) is 0 Å². The fraction of sp³-hybridized carbons (Fsp3) is 0.636. The third kappa shape index (κ3) is 4.32. The lowest BCUT2D eigenvalue weighted by Gasteiger charge is -2.09. The van der Waals surface area contributed by atoms with Gasteiger partial charge in [0.05, 0.1) is 11.5 Å². The maximum Gasteiger partial charge on any atom is 0.352 e. The number of aryl methyl sites for hydroxylation is 1. The lowest BCUT2D eigenvalue weighted by atomic mass is 10.3. The van der Waals surface area contributed by atoms with Crippen molar-refractivity contribution in [3.63, 3.8) is 0 Å². The Bertz CT molecular complexity index is 439.